The predicted molar refractivity (Wildman–Crippen MR) is 72.3 cm³/mol. The molecule has 1 aromatic rings. The molecule has 2 rings (SSSR count). The van der Waals surface area contributed by atoms with Gasteiger partial charge in [-0.05, 0) is 6.08 Å². The number of hydrogen-bond acceptors (Lipinski definition) is 5. The monoisotopic (exact) mass is 292 g/mol. The van der Waals surface area contributed by atoms with Crippen molar-refractivity contribution in [1.82, 2.24) is 0 Å². The summed E-state index contributed by atoms with van der Waals surface area (Å²) < 4.78 is 16.3. The number of ether oxygens (including phenoxy) is 3. The van der Waals surface area contributed by atoms with E-state index in [0.29, 0.717) is 0 Å². The minimum Gasteiger partial charge on any atom is -0.478 e. The Balaban J connectivity index is 2.12. The maximum Gasteiger partial charge on any atom is 0.328 e. The van der Waals surface area contributed by atoms with Crippen LogP contribution in [0, 0.1) is 0 Å². The summed E-state index contributed by atoms with van der Waals surface area (Å²) in [6.45, 7) is 1.41. The summed E-state index contributed by atoms with van der Waals surface area (Å²) in [5.74, 6) is -1.57. The van der Waals surface area contributed by atoms with E-state index in [1.54, 1.807) is 0 Å². The Morgan fingerprint density at radius 3 is 2.67 bits per heavy atom. The van der Waals surface area contributed by atoms with E-state index in [0.717, 1.165) is 11.6 Å². The highest BCUT2D eigenvalue weighted by Gasteiger charge is 2.33. The minimum atomic E-state index is -1.09. The summed E-state index contributed by atoms with van der Waals surface area (Å²) >= 11 is 0. The quantitative estimate of drug-likeness (QED) is 0.671. The van der Waals surface area contributed by atoms with Crippen LogP contribution < -0.4 is 0 Å². The molecule has 1 saturated heterocycles. The average Bonchev–Trinajstić information content (AvgIpc) is 2.46. The van der Waals surface area contributed by atoms with E-state index in [1.165, 1.54) is 13.0 Å². The summed E-state index contributed by atoms with van der Waals surface area (Å²) in [7, 11) is 0. The van der Waals surface area contributed by atoms with E-state index in [9.17, 15) is 9.59 Å². The smallest absolute Gasteiger partial charge is 0.328 e. The normalized spacial score (nSPS) is 25.7. The molecule has 0 unspecified atom stereocenters. The number of hydrogen-bond donors (Lipinski definition) is 1. The van der Waals surface area contributed by atoms with Crippen molar-refractivity contribution in [2.24, 2.45) is 0 Å². The van der Waals surface area contributed by atoms with E-state index < -0.39 is 30.4 Å². The Morgan fingerprint density at radius 1 is 1.33 bits per heavy atom. The standard InChI is InChI=1S/C15H16O6/c1-10(16)20-13-9-19-15(11-5-3-2-4-6-11)21-12(13)7-8-14(17)18/h2-8,12-13,15H,9H2,1H3,(H,17,18)/b8-7+/t12-,13+,15+/m0/s1. The van der Waals surface area contributed by atoms with Crippen LogP contribution in [-0.2, 0) is 23.8 Å². The van der Waals surface area contributed by atoms with Gasteiger partial charge in [-0.15, -0.1) is 0 Å². The van der Waals surface area contributed by atoms with Gasteiger partial charge in [-0.3, -0.25) is 4.79 Å². The third-order valence-corrected chi connectivity index (χ3v) is 2.88. The fourth-order valence-corrected chi connectivity index (χ4v) is 1.99. The molecule has 3 atom stereocenters. The van der Waals surface area contributed by atoms with Crippen molar-refractivity contribution in [3.63, 3.8) is 0 Å². The molecule has 6 nitrogen and oxygen atoms in total. The third-order valence-electron chi connectivity index (χ3n) is 2.88. The molecular formula is C15H16O6. The maximum absolute atomic E-state index is 11.1. The largest absolute Gasteiger partial charge is 0.478 e. The molecule has 0 amide bonds. The van der Waals surface area contributed by atoms with Crippen molar-refractivity contribution in [1.29, 1.82) is 0 Å². The zero-order valence-electron chi connectivity index (χ0n) is 11.5. The van der Waals surface area contributed by atoms with Crippen LogP contribution in [0.5, 0.6) is 0 Å². The molecule has 1 heterocycles. The van der Waals surface area contributed by atoms with Gasteiger partial charge in [0.15, 0.2) is 12.4 Å². The first-order valence-electron chi connectivity index (χ1n) is 6.46. The number of benzene rings is 1. The van der Waals surface area contributed by atoms with Gasteiger partial charge in [0.05, 0.1) is 6.61 Å². The molecule has 1 aliphatic heterocycles. The van der Waals surface area contributed by atoms with Crippen molar-refractivity contribution in [3.8, 4) is 0 Å². The van der Waals surface area contributed by atoms with Crippen molar-refractivity contribution in [3.05, 3.63) is 48.0 Å². The van der Waals surface area contributed by atoms with Crippen LogP contribution in [0.2, 0.25) is 0 Å². The fourth-order valence-electron chi connectivity index (χ4n) is 1.99. The number of esters is 1. The first-order valence-corrected chi connectivity index (χ1v) is 6.46. The number of carbonyl (C=O) groups excluding carboxylic acids is 1. The van der Waals surface area contributed by atoms with Crippen LogP contribution in [0.3, 0.4) is 0 Å². The number of rotatable bonds is 4. The van der Waals surface area contributed by atoms with E-state index >= 15 is 0 Å². The maximum atomic E-state index is 11.1. The van der Waals surface area contributed by atoms with Crippen LogP contribution in [0.1, 0.15) is 18.8 Å². The van der Waals surface area contributed by atoms with Crippen molar-refractivity contribution < 1.29 is 28.9 Å². The Labute approximate surface area is 121 Å². The minimum absolute atomic E-state index is 0.133. The fraction of sp³-hybridized carbons (Fsp3) is 0.333. The van der Waals surface area contributed by atoms with Gasteiger partial charge >= 0.3 is 11.9 Å². The highest BCUT2D eigenvalue weighted by Crippen LogP contribution is 2.28. The van der Waals surface area contributed by atoms with Crippen LogP contribution >= 0.6 is 0 Å². The van der Waals surface area contributed by atoms with Gasteiger partial charge in [-0.1, -0.05) is 30.3 Å². The number of carboxylic acid groups (broad SMARTS) is 1. The summed E-state index contributed by atoms with van der Waals surface area (Å²) in [5.41, 5.74) is 0.813. The Bertz CT molecular complexity index is 524. The van der Waals surface area contributed by atoms with E-state index in [4.69, 9.17) is 19.3 Å². The van der Waals surface area contributed by atoms with Gasteiger partial charge in [-0.25, -0.2) is 4.79 Å². The summed E-state index contributed by atoms with van der Waals surface area (Å²) in [4.78, 5) is 21.7. The van der Waals surface area contributed by atoms with Crippen LogP contribution in [0.25, 0.3) is 0 Å². The molecule has 0 aromatic heterocycles. The van der Waals surface area contributed by atoms with Gasteiger partial charge < -0.3 is 19.3 Å². The molecule has 1 N–H and O–H groups in total. The molecular weight excluding hydrogens is 276 g/mol. The second-order valence-electron chi connectivity index (χ2n) is 4.52. The van der Waals surface area contributed by atoms with Crippen molar-refractivity contribution >= 4 is 11.9 Å². The summed E-state index contributed by atoms with van der Waals surface area (Å²) in [6, 6.07) is 9.25. The second-order valence-corrected chi connectivity index (χ2v) is 4.52. The summed E-state index contributed by atoms with van der Waals surface area (Å²) in [5, 5.41) is 8.71. The lowest BCUT2D eigenvalue weighted by Crippen LogP contribution is -2.42. The number of carboxylic acids is 1. The molecule has 0 radical (unpaired) electrons. The van der Waals surface area contributed by atoms with Crippen LogP contribution in [0.15, 0.2) is 42.5 Å². The molecule has 112 valence electrons. The topological polar surface area (TPSA) is 82.1 Å². The second kappa shape index (κ2) is 7.01. The number of carbonyl (C=O) groups is 2. The van der Waals surface area contributed by atoms with Crippen LogP contribution in [-0.4, -0.2) is 35.9 Å². The lowest BCUT2D eigenvalue weighted by atomic mass is 10.1. The Kier molecular flexibility index (Phi) is 5.08. The van der Waals surface area contributed by atoms with Crippen molar-refractivity contribution in [2.75, 3.05) is 6.61 Å². The Hall–Kier alpha value is -2.18. The Morgan fingerprint density at radius 2 is 2.05 bits per heavy atom. The highest BCUT2D eigenvalue weighted by molar-refractivity contribution is 5.79. The molecule has 0 saturated carbocycles. The lowest BCUT2D eigenvalue weighted by Gasteiger charge is -2.34. The van der Waals surface area contributed by atoms with Gasteiger partial charge in [0.1, 0.15) is 6.10 Å². The highest BCUT2D eigenvalue weighted by atomic mass is 16.7. The van der Waals surface area contributed by atoms with Crippen molar-refractivity contribution in [2.45, 2.75) is 25.4 Å². The molecule has 0 aliphatic carbocycles. The number of aliphatic carboxylic acids is 1. The molecule has 0 spiro atoms. The summed E-state index contributed by atoms with van der Waals surface area (Å²) in [6.07, 6.45) is 0.353. The van der Waals surface area contributed by atoms with E-state index in [1.807, 2.05) is 30.3 Å². The SMILES string of the molecule is CC(=O)O[C@@H]1CO[C@@H](c2ccccc2)O[C@H]1/C=C/C(=O)O. The van der Waals surface area contributed by atoms with Gasteiger partial charge in [0, 0.05) is 18.6 Å². The molecule has 1 aliphatic rings. The van der Waals surface area contributed by atoms with Gasteiger partial charge in [-0.2, -0.15) is 0 Å². The van der Waals surface area contributed by atoms with E-state index in [2.05, 4.69) is 0 Å². The van der Waals surface area contributed by atoms with E-state index in [-0.39, 0.29) is 6.61 Å². The molecule has 0 bridgehead atoms. The molecule has 6 heteroatoms. The first-order chi connectivity index (χ1) is 10.1. The molecule has 21 heavy (non-hydrogen) atoms. The average molecular weight is 292 g/mol. The zero-order valence-corrected chi connectivity index (χ0v) is 11.5. The first kappa shape index (κ1) is 15.2. The van der Waals surface area contributed by atoms with Crippen LogP contribution in [0.4, 0.5) is 0 Å². The predicted octanol–water partition coefficient (Wildman–Crippen LogP) is 1.67. The lowest BCUT2D eigenvalue weighted by molar-refractivity contribution is -0.250. The zero-order chi connectivity index (χ0) is 15.2. The molecule has 1 aromatic carbocycles. The van der Waals surface area contributed by atoms with Gasteiger partial charge in [0.25, 0.3) is 0 Å². The molecule has 1 fully saturated rings. The third kappa shape index (κ3) is 4.40. The van der Waals surface area contributed by atoms with Gasteiger partial charge in [0.2, 0.25) is 0 Å².